The number of primary amides is 1. The van der Waals surface area contributed by atoms with Crippen LogP contribution >= 0.6 is 0 Å². The smallest absolute Gasteiger partial charge is 0.338 e. The van der Waals surface area contributed by atoms with Gasteiger partial charge in [0.15, 0.2) is 11.6 Å². The van der Waals surface area contributed by atoms with Gasteiger partial charge in [-0.1, -0.05) is 42.5 Å². The fourth-order valence-electron chi connectivity index (χ4n) is 17.6. The van der Waals surface area contributed by atoms with E-state index in [1.54, 1.807) is 10.9 Å². The molecule has 12 nitrogen and oxygen atoms in total. The average molecular weight is 916 g/mol. The lowest BCUT2D eigenvalue weighted by molar-refractivity contribution is -0.151. The Morgan fingerprint density at radius 2 is 0.955 bits per heavy atom. The molecule has 0 saturated heterocycles. The molecule has 66 heavy (non-hydrogen) atoms. The predicted octanol–water partition coefficient (Wildman–Crippen LogP) is 9.79. The fraction of sp³-hybridized carbons (Fsp3) is 0.815. The van der Waals surface area contributed by atoms with E-state index in [9.17, 15) is 29.4 Å². The van der Waals surface area contributed by atoms with E-state index in [1.165, 1.54) is 61.8 Å². The van der Waals surface area contributed by atoms with Gasteiger partial charge in [-0.05, 0) is 198 Å². The third-order valence-corrected chi connectivity index (χ3v) is 21.1. The van der Waals surface area contributed by atoms with Crippen LogP contribution in [0.15, 0.2) is 24.8 Å². The van der Waals surface area contributed by atoms with E-state index in [2.05, 4.69) is 37.9 Å². The Morgan fingerprint density at radius 1 is 0.561 bits per heavy atom. The molecule has 0 aromatic carbocycles. The van der Waals surface area contributed by atoms with E-state index in [1.807, 2.05) is 13.8 Å². The van der Waals surface area contributed by atoms with Crippen molar-refractivity contribution in [3.05, 3.63) is 35.9 Å². The predicted molar refractivity (Wildman–Crippen MR) is 255 cm³/mol. The summed E-state index contributed by atoms with van der Waals surface area (Å²) in [6.07, 6.45) is 25.6. The average Bonchev–Trinajstić information content (AvgIpc) is 4.04. The third-order valence-electron chi connectivity index (χ3n) is 21.1. The molecule has 0 spiro atoms. The molecule has 8 fully saturated rings. The maximum absolute atomic E-state index is 13.4. The molecule has 368 valence electrons. The van der Waals surface area contributed by atoms with E-state index in [0.29, 0.717) is 57.8 Å². The van der Waals surface area contributed by atoms with Crippen LogP contribution in [0.1, 0.15) is 193 Å². The molecule has 2 aromatic heterocycles. The van der Waals surface area contributed by atoms with E-state index in [0.717, 1.165) is 83.0 Å². The van der Waals surface area contributed by atoms with Gasteiger partial charge in [-0.15, -0.1) is 0 Å². The van der Waals surface area contributed by atoms with Crippen LogP contribution in [-0.2, 0) is 22.7 Å². The molecule has 0 unspecified atom stereocenters. The van der Waals surface area contributed by atoms with E-state index in [-0.39, 0.29) is 67.7 Å². The van der Waals surface area contributed by atoms with Crippen LogP contribution in [0.25, 0.3) is 0 Å². The largest absolute Gasteiger partial charge is 0.478 e. The molecule has 10 rings (SSSR count). The van der Waals surface area contributed by atoms with E-state index >= 15 is 0 Å². The van der Waals surface area contributed by atoms with Crippen LogP contribution in [0.5, 0.6) is 0 Å². The number of carboxylic acid groups (broad SMARTS) is 1. The highest BCUT2D eigenvalue weighted by Gasteiger charge is 2.63. The summed E-state index contributed by atoms with van der Waals surface area (Å²) in [6, 6.07) is 0. The number of carbonyl (C=O) groups excluding carboxylic acids is 3. The number of amides is 1. The summed E-state index contributed by atoms with van der Waals surface area (Å²) in [6.45, 7) is 14.2. The Morgan fingerprint density at radius 3 is 1.33 bits per heavy atom. The summed E-state index contributed by atoms with van der Waals surface area (Å²) in [5.74, 6) is 4.39. The number of fused-ring (bicyclic) bond motifs is 10. The molecule has 0 aliphatic heterocycles. The molecule has 2 aromatic rings. The molecule has 2 heterocycles. The van der Waals surface area contributed by atoms with Crippen molar-refractivity contribution in [1.29, 1.82) is 0 Å². The molecule has 5 N–H and O–H groups in total. The van der Waals surface area contributed by atoms with Crippen LogP contribution in [0.3, 0.4) is 0 Å². The number of rotatable bonds is 8. The topological polar surface area (TPSA) is 191 Å². The third kappa shape index (κ3) is 8.56. The molecular formula is C54H85N5O7. The molecule has 8 saturated carbocycles. The highest BCUT2D eigenvalue weighted by Crippen LogP contribution is 2.70. The second-order valence-electron chi connectivity index (χ2n) is 24.5. The summed E-state index contributed by atoms with van der Waals surface area (Å²) in [4.78, 5) is 49.2. The quantitative estimate of drug-likeness (QED) is 0.200. The minimum absolute atomic E-state index is 0. The molecular weight excluding hydrogens is 831 g/mol. The zero-order valence-corrected chi connectivity index (χ0v) is 39.6. The van der Waals surface area contributed by atoms with Crippen molar-refractivity contribution in [2.24, 2.45) is 86.6 Å². The zero-order valence-electron chi connectivity index (χ0n) is 39.6. The maximum atomic E-state index is 13.4. The Labute approximate surface area is 395 Å². The number of nitrogens with two attached hydrogens (primary N) is 1. The second kappa shape index (κ2) is 17.9. The van der Waals surface area contributed by atoms with Crippen molar-refractivity contribution in [1.82, 2.24) is 19.6 Å². The minimum Gasteiger partial charge on any atom is -0.478 e. The number of aliphatic hydroxyl groups is 2. The lowest BCUT2D eigenvalue weighted by Gasteiger charge is -2.61. The van der Waals surface area contributed by atoms with Gasteiger partial charge in [0.1, 0.15) is 0 Å². The summed E-state index contributed by atoms with van der Waals surface area (Å²) >= 11 is 0. The number of carboxylic acids is 1. The summed E-state index contributed by atoms with van der Waals surface area (Å²) < 4.78 is 3.07. The monoisotopic (exact) mass is 916 g/mol. The van der Waals surface area contributed by atoms with Gasteiger partial charge in [0.25, 0.3) is 5.91 Å². The van der Waals surface area contributed by atoms with E-state index in [4.69, 9.17) is 10.8 Å². The van der Waals surface area contributed by atoms with Gasteiger partial charge in [0, 0.05) is 24.2 Å². The number of aromatic nitrogens is 4. The van der Waals surface area contributed by atoms with Crippen molar-refractivity contribution in [3.63, 3.8) is 0 Å². The lowest BCUT2D eigenvalue weighted by atomic mass is 9.44. The first-order valence-electron chi connectivity index (χ1n) is 25.2. The number of aromatic carboxylic acids is 1. The van der Waals surface area contributed by atoms with Crippen LogP contribution in [-0.4, -0.2) is 69.5 Å². The number of carbonyl (C=O) groups is 4. The first kappa shape index (κ1) is 50.5. The van der Waals surface area contributed by atoms with Crippen molar-refractivity contribution in [2.75, 3.05) is 0 Å². The Bertz CT molecular complexity index is 1990. The van der Waals surface area contributed by atoms with Crippen LogP contribution in [0.4, 0.5) is 0 Å². The van der Waals surface area contributed by atoms with Gasteiger partial charge in [-0.2, -0.15) is 10.2 Å². The molecule has 0 radical (unpaired) electrons. The molecule has 1 amide bonds. The van der Waals surface area contributed by atoms with Crippen molar-refractivity contribution < 1.29 is 34.5 Å². The van der Waals surface area contributed by atoms with Crippen LogP contribution in [0.2, 0.25) is 0 Å². The highest BCUT2D eigenvalue weighted by atomic mass is 16.4. The van der Waals surface area contributed by atoms with Gasteiger partial charge < -0.3 is 21.1 Å². The standard InChI is InChI=1S/C26H39N3O3.C26H38N2O4.2CH4/c1-24(32)10-11-25(2)17(12-24)4-5-18-19-6-7-21(26(19,3)9-8-20(18)25)22(30)15-29-14-16(13-28-29)23(27)31;1-24(32)10-11-25(2)17(12-24)4-5-18-19-6-7-21(26(19,3)9-8-20(18)25)22(29)15-28-14-16(13-27-28)23(30)31;;/h13-14,17-21,32H,4-12,15H2,1-3H3,(H2,27,31);13-14,17-21,32H,4-12,15H2,1-3H3,(H,30,31);2*1H4/t2*17-,18+,19+,20+,21-,24-,25+,26+;;/m11../s1. The molecule has 8 aliphatic carbocycles. The van der Waals surface area contributed by atoms with Crippen molar-refractivity contribution >= 4 is 23.4 Å². The summed E-state index contributed by atoms with van der Waals surface area (Å²) in [5, 5.41) is 38.8. The lowest BCUT2D eigenvalue weighted by Crippen LogP contribution is -2.55. The normalized spacial score (nSPS) is 44.2. The number of hydrogen-bond acceptors (Lipinski definition) is 8. The van der Waals surface area contributed by atoms with Crippen LogP contribution in [0, 0.1) is 80.8 Å². The van der Waals surface area contributed by atoms with Gasteiger partial charge in [-0.25, -0.2) is 4.79 Å². The first-order chi connectivity index (χ1) is 30.1. The number of hydrogen-bond donors (Lipinski definition) is 4. The Kier molecular flexibility index (Phi) is 13.7. The first-order valence-corrected chi connectivity index (χ1v) is 25.2. The van der Waals surface area contributed by atoms with E-state index < -0.39 is 23.1 Å². The molecule has 12 heteroatoms. The number of ketones is 2. The van der Waals surface area contributed by atoms with Gasteiger partial charge in [0.2, 0.25) is 0 Å². The minimum atomic E-state index is -1.01. The van der Waals surface area contributed by atoms with Gasteiger partial charge in [0.05, 0.1) is 47.8 Å². The van der Waals surface area contributed by atoms with Gasteiger partial charge >= 0.3 is 5.97 Å². The van der Waals surface area contributed by atoms with Gasteiger partial charge in [-0.3, -0.25) is 23.7 Å². The highest BCUT2D eigenvalue weighted by molar-refractivity contribution is 5.92. The summed E-state index contributed by atoms with van der Waals surface area (Å²) in [7, 11) is 0. The number of Topliss-reactive ketones (excluding diaryl/α,β-unsaturated/α-hetero) is 2. The molecule has 16 atom stereocenters. The Hall–Kier alpha value is -3.38. The van der Waals surface area contributed by atoms with Crippen LogP contribution < -0.4 is 5.73 Å². The van der Waals surface area contributed by atoms with Crippen molar-refractivity contribution in [3.8, 4) is 0 Å². The molecule has 8 aliphatic rings. The summed E-state index contributed by atoms with van der Waals surface area (Å²) in [5.41, 5.74) is 5.61. The SMILES string of the molecule is C.C.C[C@@]1(O)CC[C@@]2(C)[C@H](CC[C@@H]3[C@@H]2CC[C@]2(C)[C@@H](C(=O)Cn4cc(C(=O)O)cn4)CC[C@@H]32)C1.C[C@@]1(O)CC[C@@]2(C)[C@H](CC[C@@H]3[C@@H]2CC[C@]2(C)[C@@H](C(=O)Cn4cc(C(N)=O)cn4)CC[C@@H]32)C1. The maximum Gasteiger partial charge on any atom is 0.338 e. The fourth-order valence-corrected chi connectivity index (χ4v) is 17.6. The number of nitrogens with zero attached hydrogens (tertiary/aromatic N) is 4. The molecule has 0 bridgehead atoms. The zero-order chi connectivity index (χ0) is 45.8. The Balaban J connectivity index is 0.000000191. The van der Waals surface area contributed by atoms with Crippen molar-refractivity contribution in [2.45, 2.75) is 196 Å². The second-order valence-corrected chi connectivity index (χ2v) is 24.5.